The second-order valence-corrected chi connectivity index (χ2v) is 11.6. The van der Waals surface area contributed by atoms with Crippen molar-refractivity contribution < 1.29 is 23.1 Å². The van der Waals surface area contributed by atoms with Crippen molar-refractivity contribution in [2.24, 2.45) is 5.92 Å². The Morgan fingerprint density at radius 2 is 1.74 bits per heavy atom. The average molecular weight is 536 g/mol. The van der Waals surface area contributed by atoms with Crippen molar-refractivity contribution in [2.45, 2.75) is 30.9 Å². The zero-order valence-electron chi connectivity index (χ0n) is 21.8. The highest BCUT2D eigenvalue weighted by Crippen LogP contribution is 2.28. The van der Waals surface area contributed by atoms with Crippen molar-refractivity contribution in [3.05, 3.63) is 89.6 Å². The summed E-state index contributed by atoms with van der Waals surface area (Å²) in [5.74, 6) is -0.391. The summed E-state index contributed by atoms with van der Waals surface area (Å²) in [6.07, 6.45) is 4.84. The van der Waals surface area contributed by atoms with E-state index < -0.39 is 22.2 Å². The standard InChI is InChI=1S/C29H33N3O5S/c1-21-18-32(22(2)20-33)29(34)26-16-24(15-14-23-10-6-4-7-11-23)17-30-28(26)37-27(21)19-31(3)38(35,36)25-12-8-5-9-13-25/h4-17,21-22,27,33H,18-20H2,1-3H3/b15-14+/t21-,22+,27+/m1/s1. The Hall–Kier alpha value is -3.53. The van der Waals surface area contributed by atoms with Gasteiger partial charge in [-0.2, -0.15) is 4.31 Å². The largest absolute Gasteiger partial charge is 0.472 e. The van der Waals surface area contributed by atoms with Crippen LogP contribution in [-0.2, 0) is 10.0 Å². The van der Waals surface area contributed by atoms with E-state index in [1.807, 2.05) is 49.4 Å². The lowest BCUT2D eigenvalue weighted by atomic mass is 10.00. The summed E-state index contributed by atoms with van der Waals surface area (Å²) in [6, 6.07) is 19.3. The van der Waals surface area contributed by atoms with Crippen molar-refractivity contribution in [1.82, 2.24) is 14.2 Å². The van der Waals surface area contributed by atoms with E-state index in [2.05, 4.69) is 4.98 Å². The first-order chi connectivity index (χ1) is 18.2. The number of aliphatic hydroxyl groups excluding tert-OH is 1. The van der Waals surface area contributed by atoms with E-state index in [1.165, 1.54) is 11.4 Å². The third-order valence-corrected chi connectivity index (χ3v) is 8.54. The van der Waals surface area contributed by atoms with Crippen LogP contribution >= 0.6 is 0 Å². The predicted octanol–water partition coefficient (Wildman–Crippen LogP) is 3.79. The van der Waals surface area contributed by atoms with Gasteiger partial charge in [0.2, 0.25) is 15.9 Å². The SMILES string of the molecule is C[C@@H]1CN([C@@H](C)CO)C(=O)c2cc(/C=C/c3ccccc3)cnc2O[C@H]1CN(C)S(=O)(=O)c1ccccc1. The second kappa shape index (κ2) is 11.9. The van der Waals surface area contributed by atoms with Gasteiger partial charge < -0.3 is 14.7 Å². The molecule has 1 amide bonds. The highest BCUT2D eigenvalue weighted by Gasteiger charge is 2.35. The molecule has 0 spiro atoms. The van der Waals surface area contributed by atoms with Crippen LogP contribution in [0.25, 0.3) is 12.2 Å². The van der Waals surface area contributed by atoms with Gasteiger partial charge in [0.25, 0.3) is 5.91 Å². The first-order valence-electron chi connectivity index (χ1n) is 12.5. The maximum absolute atomic E-state index is 13.6. The van der Waals surface area contributed by atoms with Gasteiger partial charge in [-0.25, -0.2) is 13.4 Å². The molecule has 0 radical (unpaired) electrons. The number of ether oxygens (including phenoxy) is 1. The van der Waals surface area contributed by atoms with Gasteiger partial charge in [0.1, 0.15) is 11.7 Å². The number of amides is 1. The Balaban J connectivity index is 1.67. The number of aromatic nitrogens is 1. The maximum atomic E-state index is 13.6. The summed E-state index contributed by atoms with van der Waals surface area (Å²) < 4.78 is 33.8. The molecule has 2 heterocycles. The number of pyridine rings is 1. The minimum atomic E-state index is -3.74. The minimum absolute atomic E-state index is 0.0602. The molecule has 0 unspecified atom stereocenters. The van der Waals surface area contributed by atoms with Crippen LogP contribution in [0.15, 0.2) is 77.8 Å². The first-order valence-corrected chi connectivity index (χ1v) is 14.0. The molecule has 3 atom stereocenters. The van der Waals surface area contributed by atoms with Crippen LogP contribution in [0.1, 0.15) is 35.3 Å². The van der Waals surface area contributed by atoms with Crippen LogP contribution in [0.2, 0.25) is 0 Å². The zero-order chi connectivity index (χ0) is 27.3. The lowest BCUT2D eigenvalue weighted by molar-refractivity contribution is 0.0373. The van der Waals surface area contributed by atoms with Gasteiger partial charge in [-0.1, -0.05) is 67.6 Å². The van der Waals surface area contributed by atoms with E-state index in [1.54, 1.807) is 54.4 Å². The summed E-state index contributed by atoms with van der Waals surface area (Å²) in [5.41, 5.74) is 2.00. The molecule has 38 heavy (non-hydrogen) atoms. The van der Waals surface area contributed by atoms with E-state index >= 15 is 0 Å². The molecule has 3 aromatic rings. The van der Waals surface area contributed by atoms with E-state index in [0.717, 1.165) is 11.1 Å². The van der Waals surface area contributed by atoms with Gasteiger partial charge in [-0.3, -0.25) is 4.79 Å². The minimum Gasteiger partial charge on any atom is -0.472 e. The lowest BCUT2D eigenvalue weighted by Crippen LogP contribution is -2.50. The number of aliphatic hydroxyl groups is 1. The van der Waals surface area contributed by atoms with E-state index in [0.29, 0.717) is 0 Å². The molecular weight excluding hydrogens is 502 g/mol. The fraction of sp³-hybridized carbons (Fsp3) is 0.310. The molecule has 1 aliphatic rings. The number of likely N-dealkylation sites (N-methyl/N-ethyl adjacent to an activating group) is 1. The number of fused-ring (bicyclic) bond motifs is 1. The topological polar surface area (TPSA) is 100 Å². The van der Waals surface area contributed by atoms with E-state index in [4.69, 9.17) is 4.74 Å². The van der Waals surface area contributed by atoms with E-state index in [9.17, 15) is 18.3 Å². The fourth-order valence-corrected chi connectivity index (χ4v) is 5.51. The number of sulfonamides is 1. The monoisotopic (exact) mass is 535 g/mol. The van der Waals surface area contributed by atoms with Gasteiger partial charge >= 0.3 is 0 Å². The van der Waals surface area contributed by atoms with Crippen molar-refractivity contribution >= 4 is 28.1 Å². The van der Waals surface area contributed by atoms with Gasteiger partial charge in [-0.05, 0) is 36.2 Å². The van der Waals surface area contributed by atoms with Crippen molar-refractivity contribution in [2.75, 3.05) is 26.7 Å². The Labute approximate surface area is 224 Å². The summed E-state index contributed by atoms with van der Waals surface area (Å²) in [4.78, 5) is 19.9. The van der Waals surface area contributed by atoms with E-state index in [-0.39, 0.29) is 47.9 Å². The van der Waals surface area contributed by atoms with Crippen LogP contribution in [0, 0.1) is 5.92 Å². The number of rotatable bonds is 8. The first kappa shape index (κ1) is 27.5. The molecule has 0 fully saturated rings. The molecule has 0 saturated heterocycles. The Morgan fingerprint density at radius 1 is 1.11 bits per heavy atom. The maximum Gasteiger partial charge on any atom is 0.259 e. The van der Waals surface area contributed by atoms with Crippen LogP contribution in [0.4, 0.5) is 0 Å². The van der Waals surface area contributed by atoms with Crippen molar-refractivity contribution in [3.8, 4) is 5.88 Å². The van der Waals surface area contributed by atoms with Crippen LogP contribution in [0.3, 0.4) is 0 Å². The highest BCUT2D eigenvalue weighted by molar-refractivity contribution is 7.89. The smallest absolute Gasteiger partial charge is 0.259 e. The quantitative estimate of drug-likeness (QED) is 0.471. The molecule has 0 aliphatic carbocycles. The molecule has 1 aromatic heterocycles. The highest BCUT2D eigenvalue weighted by atomic mass is 32.2. The van der Waals surface area contributed by atoms with Gasteiger partial charge in [0.15, 0.2) is 0 Å². The van der Waals surface area contributed by atoms with Crippen LogP contribution in [-0.4, -0.2) is 72.5 Å². The van der Waals surface area contributed by atoms with Gasteiger partial charge in [0, 0.05) is 25.7 Å². The third-order valence-electron chi connectivity index (χ3n) is 6.70. The molecule has 8 nitrogen and oxygen atoms in total. The molecule has 200 valence electrons. The fourth-order valence-electron chi connectivity index (χ4n) is 4.31. The molecule has 2 aromatic carbocycles. The number of carbonyl (C=O) groups is 1. The number of carbonyl (C=O) groups excluding carboxylic acids is 1. The third kappa shape index (κ3) is 6.12. The van der Waals surface area contributed by atoms with Crippen molar-refractivity contribution in [1.29, 1.82) is 0 Å². The summed E-state index contributed by atoms with van der Waals surface area (Å²) in [7, 11) is -2.23. The molecule has 0 saturated carbocycles. The Morgan fingerprint density at radius 3 is 2.39 bits per heavy atom. The number of benzene rings is 2. The van der Waals surface area contributed by atoms with Gasteiger partial charge in [-0.15, -0.1) is 0 Å². The summed E-state index contributed by atoms with van der Waals surface area (Å²) in [5, 5.41) is 9.87. The Kier molecular flexibility index (Phi) is 8.61. The number of nitrogens with zero attached hydrogens (tertiary/aromatic N) is 3. The van der Waals surface area contributed by atoms with Crippen LogP contribution in [0.5, 0.6) is 5.88 Å². The molecule has 4 rings (SSSR count). The average Bonchev–Trinajstić information content (AvgIpc) is 2.94. The van der Waals surface area contributed by atoms with Crippen LogP contribution < -0.4 is 4.74 Å². The van der Waals surface area contributed by atoms with Gasteiger partial charge in [0.05, 0.1) is 24.1 Å². The summed E-state index contributed by atoms with van der Waals surface area (Å²) in [6.45, 7) is 3.82. The number of hydrogen-bond donors (Lipinski definition) is 1. The molecule has 1 aliphatic heterocycles. The molecular formula is C29H33N3O5S. The summed E-state index contributed by atoms with van der Waals surface area (Å²) >= 11 is 0. The molecule has 1 N–H and O–H groups in total. The molecule has 9 heteroatoms. The Bertz CT molecular complexity index is 1380. The normalized spacial score (nSPS) is 19.1. The zero-order valence-corrected chi connectivity index (χ0v) is 22.6. The predicted molar refractivity (Wildman–Crippen MR) is 147 cm³/mol. The molecule has 0 bridgehead atoms. The van der Waals surface area contributed by atoms with Crippen molar-refractivity contribution in [3.63, 3.8) is 0 Å². The second-order valence-electron chi connectivity index (χ2n) is 9.59. The number of hydrogen-bond acceptors (Lipinski definition) is 6. The lowest BCUT2D eigenvalue weighted by Gasteiger charge is -2.37.